The van der Waals surface area contributed by atoms with E-state index in [2.05, 4.69) is 20.9 Å². The first-order valence-electron chi connectivity index (χ1n) is 15.0. The summed E-state index contributed by atoms with van der Waals surface area (Å²) >= 11 is 6.93. The number of hydrogen-bond donors (Lipinski definition) is 3. The molecule has 1 aromatic heterocycles. The van der Waals surface area contributed by atoms with Gasteiger partial charge in [-0.05, 0) is 55.2 Å². The van der Waals surface area contributed by atoms with Crippen molar-refractivity contribution in [1.29, 1.82) is 0 Å². The van der Waals surface area contributed by atoms with Crippen LogP contribution in [0.15, 0.2) is 29.6 Å². The number of unbranched alkanes of at least 4 members (excludes halogenated alkanes) is 2. The minimum absolute atomic E-state index is 0.0732. The molecule has 2 aromatic rings. The average molecular weight is 697 g/mol. The van der Waals surface area contributed by atoms with E-state index in [0.717, 1.165) is 31.9 Å². The molecule has 1 heterocycles. The highest BCUT2D eigenvalue weighted by molar-refractivity contribution is 7.13. The van der Waals surface area contributed by atoms with Crippen LogP contribution in [-0.2, 0) is 33.1 Å². The molecule has 2 rings (SSSR count). The molecule has 254 valence electrons. The van der Waals surface area contributed by atoms with Crippen LogP contribution >= 0.6 is 22.9 Å². The number of thiazole rings is 1. The SMILES string of the molecule is COC(=O)[C@H](COC(C)=O)NC(=O)[C@H](CO[Si](C)(C)C(C)(C)C)NC(=O)c1csc(-c2ccc(NC(=O)CCCCCCl)cc2)n1. The number of halogens is 1. The molecule has 2 atom stereocenters. The minimum atomic E-state index is -2.35. The zero-order valence-corrected chi connectivity index (χ0v) is 30.1. The number of carbonyl (C=O) groups excluding carboxylic acids is 5. The summed E-state index contributed by atoms with van der Waals surface area (Å²) in [7, 11) is -1.20. The van der Waals surface area contributed by atoms with Crippen LogP contribution in [0.4, 0.5) is 5.69 Å². The number of benzene rings is 1. The molecule has 0 saturated carbocycles. The first-order chi connectivity index (χ1) is 21.6. The molecule has 12 nitrogen and oxygen atoms in total. The third-order valence-electron chi connectivity index (χ3n) is 7.48. The van der Waals surface area contributed by atoms with Gasteiger partial charge in [-0.3, -0.25) is 19.2 Å². The maximum Gasteiger partial charge on any atom is 0.331 e. The van der Waals surface area contributed by atoms with Crippen LogP contribution in [0, 0.1) is 0 Å². The quantitative estimate of drug-likeness (QED) is 0.0905. The number of carbonyl (C=O) groups is 5. The maximum atomic E-state index is 13.4. The number of rotatable bonds is 17. The van der Waals surface area contributed by atoms with Crippen molar-refractivity contribution in [3.8, 4) is 10.6 Å². The topological polar surface area (TPSA) is 162 Å². The highest BCUT2D eigenvalue weighted by Gasteiger charge is 2.39. The maximum absolute atomic E-state index is 13.4. The first kappa shape index (κ1) is 38.8. The summed E-state index contributed by atoms with van der Waals surface area (Å²) in [6.45, 7) is 10.7. The van der Waals surface area contributed by atoms with E-state index in [9.17, 15) is 24.0 Å². The fraction of sp³-hybridized carbons (Fsp3) is 0.548. The Labute approximate surface area is 280 Å². The summed E-state index contributed by atoms with van der Waals surface area (Å²) in [5.74, 6) is -2.28. The average Bonchev–Trinajstić information content (AvgIpc) is 3.49. The van der Waals surface area contributed by atoms with Crippen molar-refractivity contribution < 1.29 is 37.9 Å². The number of hydrogen-bond acceptors (Lipinski definition) is 10. The van der Waals surface area contributed by atoms with Crippen molar-refractivity contribution in [2.45, 2.75) is 83.6 Å². The number of nitrogens with one attached hydrogen (secondary N) is 3. The largest absolute Gasteiger partial charge is 0.467 e. The number of amides is 3. The van der Waals surface area contributed by atoms with Gasteiger partial charge in [0, 0.05) is 35.9 Å². The zero-order chi connectivity index (χ0) is 34.5. The molecule has 0 radical (unpaired) electrons. The fourth-order valence-electron chi connectivity index (χ4n) is 3.69. The standard InChI is InChI=1S/C31H45ClN4O8SSi/c1-20(37)43-17-24(30(41)42-5)35-27(39)23(18-44-46(6,7)31(2,3)4)34-28(40)25-19-45-29(36-25)21-12-14-22(15-13-21)33-26(38)11-9-8-10-16-32/h12-15,19,23-24H,8-11,16-18H2,1-7H3,(H,33,38)(H,34,40)(H,35,39)/t23-,24-/m0/s1. The highest BCUT2D eigenvalue weighted by atomic mass is 35.5. The van der Waals surface area contributed by atoms with Crippen molar-refractivity contribution >= 4 is 66.6 Å². The van der Waals surface area contributed by atoms with E-state index in [0.29, 0.717) is 23.0 Å². The molecule has 1 aromatic carbocycles. The van der Waals surface area contributed by atoms with Gasteiger partial charge in [0.05, 0.1) is 13.7 Å². The zero-order valence-electron chi connectivity index (χ0n) is 27.5. The third kappa shape index (κ3) is 12.5. The number of anilines is 1. The van der Waals surface area contributed by atoms with Gasteiger partial charge in [-0.1, -0.05) is 27.2 Å². The van der Waals surface area contributed by atoms with E-state index in [1.807, 2.05) is 33.9 Å². The molecule has 3 N–H and O–H groups in total. The highest BCUT2D eigenvalue weighted by Crippen LogP contribution is 2.36. The van der Waals surface area contributed by atoms with Crippen LogP contribution in [0.25, 0.3) is 10.6 Å². The Morgan fingerprint density at radius 2 is 1.65 bits per heavy atom. The number of methoxy groups -OCH3 is 1. The molecule has 0 fully saturated rings. The molecule has 0 aliphatic carbocycles. The predicted octanol–water partition coefficient (Wildman–Crippen LogP) is 4.89. The van der Waals surface area contributed by atoms with Crippen LogP contribution < -0.4 is 16.0 Å². The fourth-order valence-corrected chi connectivity index (χ4v) is 5.71. The van der Waals surface area contributed by atoms with Gasteiger partial charge in [-0.25, -0.2) is 9.78 Å². The number of esters is 2. The summed E-state index contributed by atoms with van der Waals surface area (Å²) in [4.78, 5) is 66.9. The smallest absolute Gasteiger partial charge is 0.331 e. The van der Waals surface area contributed by atoms with E-state index >= 15 is 0 Å². The second kappa shape index (κ2) is 18.1. The Kier molecular flexibility index (Phi) is 15.3. The van der Waals surface area contributed by atoms with E-state index < -0.39 is 50.8 Å². The molecular weight excluding hydrogens is 652 g/mol. The van der Waals surface area contributed by atoms with Gasteiger partial charge in [0.15, 0.2) is 14.4 Å². The molecule has 0 aliphatic rings. The lowest BCUT2D eigenvalue weighted by atomic mass is 10.2. The molecule has 15 heteroatoms. The van der Waals surface area contributed by atoms with Gasteiger partial charge < -0.3 is 29.9 Å². The minimum Gasteiger partial charge on any atom is -0.467 e. The summed E-state index contributed by atoms with van der Waals surface area (Å²) < 4.78 is 15.9. The molecule has 46 heavy (non-hydrogen) atoms. The van der Waals surface area contributed by atoms with Crippen LogP contribution in [0.3, 0.4) is 0 Å². The Bertz CT molecular complexity index is 1350. The van der Waals surface area contributed by atoms with Crippen LogP contribution in [-0.4, -0.2) is 81.2 Å². The summed E-state index contributed by atoms with van der Waals surface area (Å²) in [5, 5.41) is 10.0. The number of alkyl halides is 1. The molecule has 0 bridgehead atoms. The molecule has 0 aliphatic heterocycles. The van der Waals surface area contributed by atoms with Gasteiger partial charge in [0.1, 0.15) is 23.4 Å². The van der Waals surface area contributed by atoms with Crippen LogP contribution in [0.2, 0.25) is 18.1 Å². The summed E-state index contributed by atoms with van der Waals surface area (Å²) in [6, 6.07) is 4.63. The van der Waals surface area contributed by atoms with Crippen molar-refractivity contribution in [3.63, 3.8) is 0 Å². The summed E-state index contributed by atoms with van der Waals surface area (Å²) in [6.07, 6.45) is 2.96. The first-order valence-corrected chi connectivity index (χ1v) is 19.3. The Morgan fingerprint density at radius 3 is 2.24 bits per heavy atom. The van der Waals surface area contributed by atoms with Gasteiger partial charge >= 0.3 is 11.9 Å². The van der Waals surface area contributed by atoms with Gasteiger partial charge in [0.2, 0.25) is 11.8 Å². The second-order valence-corrected chi connectivity index (χ2v) is 18.2. The number of aromatic nitrogens is 1. The molecular formula is C31H45ClN4O8SSi. The van der Waals surface area contributed by atoms with E-state index in [4.69, 9.17) is 25.5 Å². The monoisotopic (exact) mass is 696 g/mol. The van der Waals surface area contributed by atoms with Gasteiger partial charge in [-0.2, -0.15) is 0 Å². The van der Waals surface area contributed by atoms with Gasteiger partial charge in [-0.15, -0.1) is 22.9 Å². The third-order valence-corrected chi connectivity index (χ3v) is 13.1. The second-order valence-electron chi connectivity index (χ2n) is 12.1. The molecule has 0 saturated heterocycles. The normalized spacial score (nSPS) is 12.9. The molecule has 3 amide bonds. The summed E-state index contributed by atoms with van der Waals surface area (Å²) in [5.41, 5.74) is 1.48. The number of nitrogens with zero attached hydrogens (tertiary/aromatic N) is 1. The van der Waals surface area contributed by atoms with E-state index in [1.54, 1.807) is 29.6 Å². The number of ether oxygens (including phenoxy) is 2. The lowest BCUT2D eigenvalue weighted by Crippen LogP contribution is -2.56. The van der Waals surface area contributed by atoms with Crippen molar-refractivity contribution in [2.75, 3.05) is 31.5 Å². The van der Waals surface area contributed by atoms with E-state index in [1.165, 1.54) is 18.3 Å². The lowest BCUT2D eigenvalue weighted by molar-refractivity contribution is -0.151. The van der Waals surface area contributed by atoms with E-state index in [-0.39, 0.29) is 23.2 Å². The Hall–Kier alpha value is -3.33. The van der Waals surface area contributed by atoms with Gasteiger partial charge in [0.25, 0.3) is 5.91 Å². The molecule has 0 unspecified atom stereocenters. The molecule has 0 spiro atoms. The predicted molar refractivity (Wildman–Crippen MR) is 180 cm³/mol. The van der Waals surface area contributed by atoms with Crippen molar-refractivity contribution in [1.82, 2.24) is 15.6 Å². The Morgan fingerprint density at radius 1 is 0.978 bits per heavy atom. The lowest BCUT2D eigenvalue weighted by Gasteiger charge is -2.37. The Balaban J connectivity index is 2.17. The van der Waals surface area contributed by atoms with Crippen LogP contribution in [0.5, 0.6) is 0 Å². The van der Waals surface area contributed by atoms with Crippen molar-refractivity contribution in [2.24, 2.45) is 0 Å². The van der Waals surface area contributed by atoms with Crippen molar-refractivity contribution in [3.05, 3.63) is 35.3 Å². The van der Waals surface area contributed by atoms with Crippen LogP contribution in [0.1, 0.15) is 63.9 Å².